The van der Waals surface area contributed by atoms with Crippen molar-refractivity contribution in [3.63, 3.8) is 0 Å². The maximum absolute atomic E-state index is 12.9. The van der Waals surface area contributed by atoms with Gasteiger partial charge in [-0.15, -0.1) is 0 Å². The Kier molecular flexibility index (Phi) is 6.57. The molecule has 0 amide bonds. The summed E-state index contributed by atoms with van der Waals surface area (Å²) < 4.78 is 32.9. The number of hydrogen-bond donors (Lipinski definition) is 0. The molecule has 2 saturated carbocycles. The third kappa shape index (κ3) is 4.51. The summed E-state index contributed by atoms with van der Waals surface area (Å²) in [4.78, 5) is 2.49. The number of methoxy groups -OCH3 is 1. The van der Waals surface area contributed by atoms with Crippen molar-refractivity contribution in [3.05, 3.63) is 0 Å². The van der Waals surface area contributed by atoms with Crippen molar-refractivity contribution in [2.24, 2.45) is 5.92 Å². The smallest absolute Gasteiger partial charge is 0.217 e. The van der Waals surface area contributed by atoms with Crippen molar-refractivity contribution in [1.82, 2.24) is 9.21 Å². The summed E-state index contributed by atoms with van der Waals surface area (Å²) in [7, 11) is -1.39. The van der Waals surface area contributed by atoms with Crippen LogP contribution in [0.4, 0.5) is 0 Å². The molecular weight excluding hydrogens is 324 g/mol. The van der Waals surface area contributed by atoms with E-state index in [2.05, 4.69) is 4.90 Å². The van der Waals surface area contributed by atoms with Gasteiger partial charge in [0.15, 0.2) is 0 Å². The minimum atomic E-state index is -3.12. The molecule has 0 unspecified atom stereocenters. The van der Waals surface area contributed by atoms with Gasteiger partial charge < -0.3 is 9.64 Å². The van der Waals surface area contributed by atoms with E-state index >= 15 is 0 Å². The molecule has 6 heteroatoms. The van der Waals surface area contributed by atoms with Crippen LogP contribution >= 0.6 is 0 Å². The fourth-order valence-electron chi connectivity index (χ4n) is 4.68. The van der Waals surface area contributed by atoms with Crippen molar-refractivity contribution in [3.8, 4) is 0 Å². The summed E-state index contributed by atoms with van der Waals surface area (Å²) in [5, 5.41) is -0.186. The van der Waals surface area contributed by atoms with E-state index in [1.54, 1.807) is 11.4 Å². The topological polar surface area (TPSA) is 49.9 Å². The predicted octanol–water partition coefficient (Wildman–Crippen LogP) is 2.47. The minimum absolute atomic E-state index is 0.186. The average Bonchev–Trinajstić information content (AvgIpc) is 2.63. The Morgan fingerprint density at radius 3 is 2.08 bits per heavy atom. The van der Waals surface area contributed by atoms with Crippen molar-refractivity contribution in [1.29, 1.82) is 0 Å². The molecular formula is C18H34N2O3S. The molecule has 0 bridgehead atoms. The number of rotatable bonds is 5. The van der Waals surface area contributed by atoms with Gasteiger partial charge in [0, 0.05) is 39.8 Å². The zero-order valence-electron chi connectivity index (χ0n) is 15.2. The van der Waals surface area contributed by atoms with Crippen LogP contribution in [-0.2, 0) is 14.8 Å². The number of piperazine rings is 1. The molecule has 1 saturated heterocycles. The molecule has 140 valence electrons. The van der Waals surface area contributed by atoms with Gasteiger partial charge in [-0.25, -0.2) is 8.42 Å². The van der Waals surface area contributed by atoms with Gasteiger partial charge in [-0.2, -0.15) is 4.31 Å². The molecule has 0 aromatic carbocycles. The van der Waals surface area contributed by atoms with E-state index in [4.69, 9.17) is 4.74 Å². The van der Waals surface area contributed by atoms with E-state index < -0.39 is 10.0 Å². The molecule has 0 aromatic rings. The summed E-state index contributed by atoms with van der Waals surface area (Å²) in [5.41, 5.74) is 0. The Morgan fingerprint density at radius 1 is 0.875 bits per heavy atom. The molecule has 3 fully saturated rings. The van der Waals surface area contributed by atoms with E-state index in [9.17, 15) is 8.42 Å². The summed E-state index contributed by atoms with van der Waals surface area (Å²) in [5.74, 6) is 0.839. The van der Waals surface area contributed by atoms with Crippen LogP contribution < -0.4 is 0 Å². The molecule has 0 radical (unpaired) electrons. The highest BCUT2D eigenvalue weighted by Gasteiger charge is 2.36. The summed E-state index contributed by atoms with van der Waals surface area (Å²) in [6, 6.07) is 0. The average molecular weight is 359 g/mol. The van der Waals surface area contributed by atoms with Crippen LogP contribution in [0.3, 0.4) is 0 Å². The second kappa shape index (κ2) is 8.47. The minimum Gasteiger partial charge on any atom is -0.381 e. The Bertz CT molecular complexity index is 474. The van der Waals surface area contributed by atoms with Crippen LogP contribution in [0, 0.1) is 5.92 Å². The van der Waals surface area contributed by atoms with Crippen LogP contribution in [0.15, 0.2) is 0 Å². The monoisotopic (exact) mass is 358 g/mol. The molecule has 0 N–H and O–H groups in total. The summed E-state index contributed by atoms with van der Waals surface area (Å²) in [6.07, 6.45) is 10.4. The first-order valence-electron chi connectivity index (χ1n) is 9.83. The van der Waals surface area contributed by atoms with Crippen molar-refractivity contribution in [2.45, 2.75) is 69.1 Å². The van der Waals surface area contributed by atoms with Crippen LogP contribution in [0.5, 0.6) is 0 Å². The van der Waals surface area contributed by atoms with Crippen molar-refractivity contribution >= 4 is 10.0 Å². The van der Waals surface area contributed by atoms with Crippen LogP contribution in [0.2, 0.25) is 0 Å². The molecule has 3 aliphatic rings. The molecule has 0 aromatic heterocycles. The third-order valence-electron chi connectivity index (χ3n) is 6.31. The van der Waals surface area contributed by atoms with Gasteiger partial charge in [-0.3, -0.25) is 0 Å². The predicted molar refractivity (Wildman–Crippen MR) is 96.6 cm³/mol. The van der Waals surface area contributed by atoms with Crippen LogP contribution in [0.25, 0.3) is 0 Å². The van der Waals surface area contributed by atoms with Crippen LogP contribution in [-0.4, -0.2) is 68.8 Å². The standard InChI is InChI=1S/C18H34N2O3S/c1-23-17-7-9-18(10-8-17)24(21,22)20-13-11-19(12-14-20)15-16-5-3-2-4-6-16/h16-18H,2-15H2,1H3. The molecule has 24 heavy (non-hydrogen) atoms. The van der Waals surface area contributed by atoms with Gasteiger partial charge in [0.2, 0.25) is 10.0 Å². The fourth-order valence-corrected chi connectivity index (χ4v) is 6.64. The largest absolute Gasteiger partial charge is 0.381 e. The molecule has 0 atom stereocenters. The van der Waals surface area contributed by atoms with Crippen molar-refractivity contribution < 1.29 is 13.2 Å². The number of hydrogen-bond acceptors (Lipinski definition) is 4. The van der Waals surface area contributed by atoms with Gasteiger partial charge in [0.25, 0.3) is 0 Å². The lowest BCUT2D eigenvalue weighted by atomic mass is 9.89. The first kappa shape index (κ1) is 18.6. The van der Waals surface area contributed by atoms with E-state index in [-0.39, 0.29) is 11.4 Å². The maximum Gasteiger partial charge on any atom is 0.217 e. The first-order valence-corrected chi connectivity index (χ1v) is 11.3. The molecule has 1 aliphatic heterocycles. The van der Waals surface area contributed by atoms with Gasteiger partial charge >= 0.3 is 0 Å². The zero-order valence-corrected chi connectivity index (χ0v) is 16.0. The van der Waals surface area contributed by atoms with Gasteiger partial charge in [-0.1, -0.05) is 19.3 Å². The lowest BCUT2D eigenvalue weighted by Crippen LogP contribution is -2.52. The Hall–Kier alpha value is -0.170. The van der Waals surface area contributed by atoms with Crippen LogP contribution in [0.1, 0.15) is 57.8 Å². The highest BCUT2D eigenvalue weighted by atomic mass is 32.2. The summed E-state index contributed by atoms with van der Waals surface area (Å²) >= 11 is 0. The Balaban J connectivity index is 1.46. The lowest BCUT2D eigenvalue weighted by molar-refractivity contribution is 0.0709. The summed E-state index contributed by atoms with van der Waals surface area (Å²) in [6.45, 7) is 4.34. The van der Waals surface area contributed by atoms with Gasteiger partial charge in [0.05, 0.1) is 11.4 Å². The molecule has 2 aliphatic carbocycles. The number of ether oxygens (including phenoxy) is 1. The highest BCUT2D eigenvalue weighted by Crippen LogP contribution is 2.29. The van der Waals surface area contributed by atoms with Gasteiger partial charge in [-0.05, 0) is 44.4 Å². The van der Waals surface area contributed by atoms with E-state index in [1.165, 1.54) is 38.6 Å². The number of sulfonamides is 1. The van der Waals surface area contributed by atoms with Crippen molar-refractivity contribution in [2.75, 3.05) is 39.8 Å². The second-order valence-corrected chi connectivity index (χ2v) is 10.1. The maximum atomic E-state index is 12.9. The second-order valence-electron chi connectivity index (χ2n) is 7.88. The lowest BCUT2D eigenvalue weighted by Gasteiger charge is -2.39. The first-order chi connectivity index (χ1) is 11.6. The number of nitrogens with zero attached hydrogens (tertiary/aromatic N) is 2. The zero-order chi connectivity index (χ0) is 17.0. The van der Waals surface area contributed by atoms with Gasteiger partial charge in [0.1, 0.15) is 0 Å². The normalized spacial score (nSPS) is 32.0. The highest BCUT2D eigenvalue weighted by molar-refractivity contribution is 7.89. The SMILES string of the molecule is COC1CCC(S(=O)(=O)N2CCN(CC3CCCCC3)CC2)CC1. The molecule has 0 spiro atoms. The van der Waals surface area contributed by atoms with E-state index in [0.29, 0.717) is 13.1 Å². The Morgan fingerprint density at radius 2 is 1.50 bits per heavy atom. The van der Waals surface area contributed by atoms with E-state index in [1.807, 2.05) is 0 Å². The molecule has 1 heterocycles. The molecule has 3 rings (SSSR count). The fraction of sp³-hybridized carbons (Fsp3) is 1.00. The Labute approximate surface area is 147 Å². The quantitative estimate of drug-likeness (QED) is 0.757. The van der Waals surface area contributed by atoms with E-state index in [0.717, 1.165) is 44.7 Å². The molecule has 5 nitrogen and oxygen atoms in total. The third-order valence-corrected chi connectivity index (χ3v) is 8.71.